The first kappa shape index (κ1) is 18.2. The lowest BCUT2D eigenvalue weighted by molar-refractivity contribution is 0.542. The fourth-order valence-electron chi connectivity index (χ4n) is 2.70. The van der Waals surface area contributed by atoms with Gasteiger partial charge in [0, 0.05) is 32.4 Å². The summed E-state index contributed by atoms with van der Waals surface area (Å²) in [7, 11) is 2.06. The normalized spacial score (nSPS) is 11.1. The second-order valence-corrected chi connectivity index (χ2v) is 6.14. The molecular weight excluding hydrogens is 258 g/mol. The average molecular weight is 293 g/mol. The van der Waals surface area contributed by atoms with Crippen LogP contribution in [0.15, 0.2) is 12.4 Å². The monoisotopic (exact) mass is 293 g/mol. The van der Waals surface area contributed by atoms with Gasteiger partial charge in [-0.15, -0.1) is 0 Å². The van der Waals surface area contributed by atoms with Gasteiger partial charge < -0.3 is 9.88 Å². The summed E-state index contributed by atoms with van der Waals surface area (Å²) < 4.78 is 2.10. The largest absolute Gasteiger partial charge is 0.338 e. The molecule has 0 bridgehead atoms. The highest BCUT2D eigenvalue weighted by Crippen LogP contribution is 2.10. The second kappa shape index (κ2) is 12.9. The van der Waals surface area contributed by atoms with Gasteiger partial charge in [0.1, 0.15) is 5.82 Å². The predicted octanol–water partition coefficient (Wildman–Crippen LogP) is 4.47. The molecule has 3 heteroatoms. The van der Waals surface area contributed by atoms with Crippen molar-refractivity contribution in [3.8, 4) is 0 Å². The second-order valence-electron chi connectivity index (χ2n) is 6.14. The smallest absolute Gasteiger partial charge is 0.109 e. The Bertz CT molecular complexity index is 333. The molecule has 0 saturated carbocycles. The van der Waals surface area contributed by atoms with Crippen molar-refractivity contribution in [3.05, 3.63) is 18.2 Å². The van der Waals surface area contributed by atoms with E-state index in [1.165, 1.54) is 70.0 Å². The van der Waals surface area contributed by atoms with Crippen molar-refractivity contribution in [2.75, 3.05) is 13.1 Å². The van der Waals surface area contributed by atoms with E-state index in [1.807, 2.05) is 12.4 Å². The number of hydrogen-bond donors (Lipinski definition) is 1. The van der Waals surface area contributed by atoms with Gasteiger partial charge in [-0.1, -0.05) is 64.7 Å². The summed E-state index contributed by atoms with van der Waals surface area (Å²) >= 11 is 0. The van der Waals surface area contributed by atoms with Crippen LogP contribution in [0.2, 0.25) is 0 Å². The maximum Gasteiger partial charge on any atom is 0.109 e. The Morgan fingerprint density at radius 3 is 2.10 bits per heavy atom. The van der Waals surface area contributed by atoms with Crippen LogP contribution < -0.4 is 5.32 Å². The molecule has 21 heavy (non-hydrogen) atoms. The Hall–Kier alpha value is -0.830. The molecule has 0 saturated heterocycles. The Kier molecular flexibility index (Phi) is 11.2. The third kappa shape index (κ3) is 9.67. The van der Waals surface area contributed by atoms with E-state index < -0.39 is 0 Å². The fourth-order valence-corrected chi connectivity index (χ4v) is 2.70. The van der Waals surface area contributed by atoms with E-state index in [0.717, 1.165) is 19.5 Å². The van der Waals surface area contributed by atoms with Crippen molar-refractivity contribution in [2.45, 2.75) is 77.6 Å². The van der Waals surface area contributed by atoms with Crippen LogP contribution in [0.25, 0.3) is 0 Å². The lowest BCUT2D eigenvalue weighted by Crippen LogP contribution is -2.19. The summed E-state index contributed by atoms with van der Waals surface area (Å²) in [4.78, 5) is 4.33. The van der Waals surface area contributed by atoms with Crippen LogP contribution in [0, 0.1) is 0 Å². The van der Waals surface area contributed by atoms with Crippen molar-refractivity contribution in [1.82, 2.24) is 14.9 Å². The van der Waals surface area contributed by atoms with Gasteiger partial charge in [-0.25, -0.2) is 4.98 Å². The van der Waals surface area contributed by atoms with E-state index in [2.05, 4.69) is 28.8 Å². The van der Waals surface area contributed by atoms with Crippen LogP contribution in [0.1, 0.15) is 77.0 Å². The van der Waals surface area contributed by atoms with Crippen LogP contribution in [0.4, 0.5) is 0 Å². The summed E-state index contributed by atoms with van der Waals surface area (Å²) in [5.41, 5.74) is 0. The van der Waals surface area contributed by atoms with Crippen molar-refractivity contribution >= 4 is 0 Å². The molecule has 3 nitrogen and oxygen atoms in total. The van der Waals surface area contributed by atoms with Gasteiger partial charge in [-0.2, -0.15) is 0 Å². The summed E-state index contributed by atoms with van der Waals surface area (Å²) in [6.45, 7) is 4.48. The van der Waals surface area contributed by atoms with Gasteiger partial charge in [-0.05, 0) is 13.0 Å². The Balaban J connectivity index is 1.76. The quantitative estimate of drug-likeness (QED) is 0.513. The highest BCUT2D eigenvalue weighted by molar-refractivity contribution is 4.91. The highest BCUT2D eigenvalue weighted by Gasteiger charge is 1.98. The molecule has 0 aliphatic heterocycles. The van der Waals surface area contributed by atoms with E-state index in [4.69, 9.17) is 0 Å². The SMILES string of the molecule is CCCCCCCCCCCCNCCc1nccn1C. The zero-order chi connectivity index (χ0) is 15.2. The van der Waals surface area contributed by atoms with Crippen LogP contribution in [-0.2, 0) is 13.5 Å². The van der Waals surface area contributed by atoms with E-state index in [9.17, 15) is 0 Å². The summed E-state index contributed by atoms with van der Waals surface area (Å²) in [6.07, 6.45) is 19.0. The molecule has 1 heterocycles. The molecule has 0 amide bonds. The summed E-state index contributed by atoms with van der Waals surface area (Å²) in [6, 6.07) is 0. The van der Waals surface area contributed by atoms with Crippen LogP contribution >= 0.6 is 0 Å². The molecule has 0 unspecified atom stereocenters. The third-order valence-electron chi connectivity index (χ3n) is 4.15. The molecule has 0 radical (unpaired) electrons. The van der Waals surface area contributed by atoms with E-state index in [-0.39, 0.29) is 0 Å². The fraction of sp³-hybridized carbons (Fsp3) is 0.833. The number of aromatic nitrogens is 2. The van der Waals surface area contributed by atoms with Gasteiger partial charge in [0.25, 0.3) is 0 Å². The molecule has 1 aromatic heterocycles. The Labute approximate surface area is 131 Å². The molecular formula is C18H35N3. The van der Waals surface area contributed by atoms with Gasteiger partial charge >= 0.3 is 0 Å². The number of unbranched alkanes of at least 4 members (excludes halogenated alkanes) is 9. The molecule has 122 valence electrons. The van der Waals surface area contributed by atoms with Gasteiger partial charge in [0.15, 0.2) is 0 Å². The predicted molar refractivity (Wildman–Crippen MR) is 91.6 cm³/mol. The molecule has 0 spiro atoms. The highest BCUT2D eigenvalue weighted by atomic mass is 15.0. The number of hydrogen-bond acceptors (Lipinski definition) is 2. The minimum absolute atomic E-state index is 1.03. The first-order valence-corrected chi connectivity index (χ1v) is 9.01. The maximum absolute atomic E-state index is 4.33. The zero-order valence-electron chi connectivity index (χ0n) is 14.2. The van der Waals surface area contributed by atoms with Gasteiger partial charge in [0.05, 0.1) is 0 Å². The Morgan fingerprint density at radius 2 is 1.52 bits per heavy atom. The lowest BCUT2D eigenvalue weighted by Gasteiger charge is -2.05. The van der Waals surface area contributed by atoms with Crippen molar-refractivity contribution < 1.29 is 0 Å². The van der Waals surface area contributed by atoms with E-state index >= 15 is 0 Å². The van der Waals surface area contributed by atoms with Crippen LogP contribution in [0.3, 0.4) is 0 Å². The summed E-state index contributed by atoms with van der Waals surface area (Å²) in [5.74, 6) is 1.17. The molecule has 1 N–H and O–H groups in total. The molecule has 1 aromatic rings. The molecule has 1 rings (SSSR count). The zero-order valence-corrected chi connectivity index (χ0v) is 14.2. The number of nitrogens with one attached hydrogen (secondary N) is 1. The molecule has 0 aliphatic carbocycles. The Morgan fingerprint density at radius 1 is 0.905 bits per heavy atom. The van der Waals surface area contributed by atoms with Crippen LogP contribution in [-0.4, -0.2) is 22.6 Å². The third-order valence-corrected chi connectivity index (χ3v) is 4.15. The van der Waals surface area contributed by atoms with Gasteiger partial charge in [0.2, 0.25) is 0 Å². The minimum atomic E-state index is 1.03. The number of aryl methyl sites for hydroxylation is 1. The molecule has 0 fully saturated rings. The van der Waals surface area contributed by atoms with Crippen molar-refractivity contribution in [3.63, 3.8) is 0 Å². The molecule has 0 aromatic carbocycles. The maximum atomic E-state index is 4.33. The number of rotatable bonds is 14. The van der Waals surface area contributed by atoms with E-state index in [0.29, 0.717) is 0 Å². The van der Waals surface area contributed by atoms with Crippen molar-refractivity contribution in [2.24, 2.45) is 7.05 Å². The van der Waals surface area contributed by atoms with E-state index in [1.54, 1.807) is 0 Å². The summed E-state index contributed by atoms with van der Waals surface area (Å²) in [5, 5.41) is 3.52. The standard InChI is InChI=1S/C18H35N3/c1-3-4-5-6-7-8-9-10-11-12-14-19-15-13-18-20-16-17-21(18)2/h16-17,19H,3-15H2,1-2H3. The van der Waals surface area contributed by atoms with Crippen molar-refractivity contribution in [1.29, 1.82) is 0 Å². The number of imidazole rings is 1. The average Bonchev–Trinajstić information content (AvgIpc) is 2.89. The first-order chi connectivity index (χ1) is 10.3. The lowest BCUT2D eigenvalue weighted by atomic mass is 10.1. The van der Waals surface area contributed by atoms with Gasteiger partial charge in [-0.3, -0.25) is 0 Å². The first-order valence-electron chi connectivity index (χ1n) is 9.01. The molecule has 0 atom stereocenters. The van der Waals surface area contributed by atoms with Crippen LogP contribution in [0.5, 0.6) is 0 Å². The number of nitrogens with zero attached hydrogens (tertiary/aromatic N) is 2. The molecule has 0 aliphatic rings. The minimum Gasteiger partial charge on any atom is -0.338 e. The topological polar surface area (TPSA) is 29.9 Å².